The Bertz CT molecular complexity index is 1020. The maximum atomic E-state index is 14.2. The number of carbonyl (C=O) groups excluding carboxylic acids is 2. The number of likely N-dealkylation sites (N-methyl/N-ethyl adjacent to an activating group) is 1. The normalized spacial score (nSPS) is 25.9. The second kappa shape index (κ2) is 9.72. The van der Waals surface area contributed by atoms with Gasteiger partial charge in [-0.15, -0.1) is 0 Å². The van der Waals surface area contributed by atoms with Gasteiger partial charge in [0, 0.05) is 14.2 Å². The van der Waals surface area contributed by atoms with Crippen molar-refractivity contribution in [3.63, 3.8) is 0 Å². The van der Waals surface area contributed by atoms with Gasteiger partial charge in [0.05, 0.1) is 17.9 Å². The lowest BCUT2D eigenvalue weighted by Crippen LogP contribution is -2.55. The zero-order valence-electron chi connectivity index (χ0n) is 22.0. The van der Waals surface area contributed by atoms with Crippen LogP contribution in [0.15, 0.2) is 30.6 Å². The molecule has 1 atom stereocenters. The highest BCUT2D eigenvalue weighted by Crippen LogP contribution is 2.60. The van der Waals surface area contributed by atoms with Crippen LogP contribution in [0, 0.1) is 5.41 Å². The highest BCUT2D eigenvalue weighted by atomic mass is 19.4. The number of amides is 2. The summed E-state index contributed by atoms with van der Waals surface area (Å²) in [5.74, 6) is -0.293. The highest BCUT2D eigenvalue weighted by Gasteiger charge is 2.60. The summed E-state index contributed by atoms with van der Waals surface area (Å²) >= 11 is 0. The summed E-state index contributed by atoms with van der Waals surface area (Å²) in [5, 5.41) is 2.51. The number of benzene rings is 1. The van der Waals surface area contributed by atoms with Crippen LogP contribution < -0.4 is 5.32 Å². The third kappa shape index (κ3) is 5.56. The van der Waals surface area contributed by atoms with Crippen LogP contribution in [0.25, 0.3) is 0 Å². The Morgan fingerprint density at radius 2 is 1.81 bits per heavy atom. The molecule has 1 fully saturated rings. The van der Waals surface area contributed by atoms with Crippen LogP contribution in [0.1, 0.15) is 70.1 Å². The van der Waals surface area contributed by atoms with E-state index in [0.717, 1.165) is 18.4 Å². The third-order valence-corrected chi connectivity index (χ3v) is 7.71. The van der Waals surface area contributed by atoms with Crippen LogP contribution in [0.2, 0.25) is 0 Å². The van der Waals surface area contributed by atoms with E-state index in [0.29, 0.717) is 24.8 Å². The lowest BCUT2D eigenvalue weighted by molar-refractivity contribution is -0.141. The van der Waals surface area contributed by atoms with E-state index < -0.39 is 35.1 Å². The number of hydrogen-bond donors (Lipinski definition) is 1. The minimum absolute atomic E-state index is 0.0381. The Morgan fingerprint density at radius 1 is 1.19 bits per heavy atom. The van der Waals surface area contributed by atoms with Crippen LogP contribution in [0.3, 0.4) is 0 Å². The van der Waals surface area contributed by atoms with Gasteiger partial charge in [0.1, 0.15) is 11.4 Å². The molecule has 0 heterocycles. The zero-order chi connectivity index (χ0) is 27.1. The summed E-state index contributed by atoms with van der Waals surface area (Å²) in [6, 6.07) is 4.77. The van der Waals surface area contributed by atoms with Crippen molar-refractivity contribution >= 4 is 12.0 Å². The van der Waals surface area contributed by atoms with Gasteiger partial charge < -0.3 is 14.4 Å². The maximum Gasteiger partial charge on any atom is 0.413 e. The molecule has 0 bridgehead atoms. The number of carbonyl (C=O) groups is 2. The molecule has 3 rings (SSSR count). The quantitative estimate of drug-likeness (QED) is 0.557. The fourth-order valence-electron chi connectivity index (χ4n) is 5.77. The van der Waals surface area contributed by atoms with Gasteiger partial charge in [-0.25, -0.2) is 4.79 Å². The summed E-state index contributed by atoms with van der Waals surface area (Å²) in [4.78, 5) is 27.7. The van der Waals surface area contributed by atoms with Gasteiger partial charge in [0.15, 0.2) is 0 Å². The van der Waals surface area contributed by atoms with Gasteiger partial charge >= 0.3 is 12.3 Å². The Balaban J connectivity index is 1.98. The average molecular weight is 511 g/mol. The van der Waals surface area contributed by atoms with Crippen LogP contribution in [0.5, 0.6) is 0 Å². The molecule has 0 saturated heterocycles. The van der Waals surface area contributed by atoms with Crippen LogP contribution in [-0.2, 0) is 32.5 Å². The van der Waals surface area contributed by atoms with Crippen LogP contribution in [-0.4, -0.2) is 48.9 Å². The van der Waals surface area contributed by atoms with Gasteiger partial charge in [-0.3, -0.25) is 10.1 Å². The minimum Gasteiger partial charge on any atom is -0.444 e. The molecule has 1 N–H and O–H groups in total. The predicted octanol–water partition coefficient (Wildman–Crippen LogP) is 5.63. The van der Waals surface area contributed by atoms with Crippen molar-refractivity contribution in [2.45, 2.75) is 89.5 Å². The maximum absolute atomic E-state index is 14.2. The summed E-state index contributed by atoms with van der Waals surface area (Å²) in [7, 11) is 3.18. The number of fused-ring (bicyclic) bond motifs is 1. The molecule has 0 aromatic heterocycles. The van der Waals surface area contributed by atoms with Crippen molar-refractivity contribution in [1.82, 2.24) is 10.2 Å². The fraction of sp³-hybridized carbons (Fsp3) is 0.630. The Labute approximate surface area is 211 Å². The monoisotopic (exact) mass is 510 g/mol. The van der Waals surface area contributed by atoms with Gasteiger partial charge in [-0.1, -0.05) is 24.8 Å². The molecule has 2 aliphatic carbocycles. The van der Waals surface area contributed by atoms with E-state index >= 15 is 0 Å². The second-order valence-corrected chi connectivity index (χ2v) is 11.2. The third-order valence-electron chi connectivity index (χ3n) is 7.71. The molecule has 36 heavy (non-hydrogen) atoms. The molecule has 6 nitrogen and oxygen atoms in total. The van der Waals surface area contributed by atoms with Gasteiger partial charge in [-0.2, -0.15) is 13.2 Å². The van der Waals surface area contributed by atoms with E-state index in [-0.39, 0.29) is 23.4 Å². The van der Waals surface area contributed by atoms with E-state index in [1.165, 1.54) is 24.1 Å². The number of hydrogen-bond acceptors (Lipinski definition) is 4. The van der Waals surface area contributed by atoms with Gasteiger partial charge in [-0.05, 0) is 81.9 Å². The van der Waals surface area contributed by atoms with Crippen molar-refractivity contribution in [1.29, 1.82) is 0 Å². The van der Waals surface area contributed by atoms with E-state index in [4.69, 9.17) is 9.47 Å². The van der Waals surface area contributed by atoms with Crippen molar-refractivity contribution in [3.05, 3.63) is 47.3 Å². The standard InChI is InChI=1S/C27H37F3N2O4/c1-17(31-23(34)36-24(2,3)4)32(6)22(33)25(5)21-14-18(15-27(28,29)30)8-9-19(21)16-26(25)12-10-20(35-7)11-13-26/h8-9,14,20H,1,10-13,15-16H2,2-7H3,(H,31,34). The number of nitrogens with one attached hydrogen (secondary N) is 1. The summed E-state index contributed by atoms with van der Waals surface area (Å²) < 4.78 is 50.4. The molecule has 1 saturated carbocycles. The number of alkyl carbamates (subject to hydrolysis) is 1. The smallest absolute Gasteiger partial charge is 0.413 e. The van der Waals surface area contributed by atoms with Crippen molar-refractivity contribution in [2.24, 2.45) is 5.41 Å². The zero-order valence-corrected chi connectivity index (χ0v) is 22.0. The molecule has 2 amide bonds. The lowest BCUT2D eigenvalue weighted by atomic mass is 9.57. The SMILES string of the molecule is C=C(NC(=O)OC(C)(C)C)N(C)C(=O)C1(C)c2cc(CC(F)(F)F)ccc2CC12CCC(OC)CC2. The van der Waals surface area contributed by atoms with Gasteiger partial charge in [0.2, 0.25) is 5.91 Å². The van der Waals surface area contributed by atoms with Crippen molar-refractivity contribution in [3.8, 4) is 0 Å². The molecule has 0 aliphatic heterocycles. The van der Waals surface area contributed by atoms with Crippen LogP contribution >= 0.6 is 0 Å². The largest absolute Gasteiger partial charge is 0.444 e. The molecule has 1 unspecified atom stereocenters. The fourth-order valence-corrected chi connectivity index (χ4v) is 5.77. The molecule has 1 aromatic rings. The van der Waals surface area contributed by atoms with Gasteiger partial charge in [0.25, 0.3) is 0 Å². The highest BCUT2D eigenvalue weighted by molar-refractivity contribution is 5.92. The summed E-state index contributed by atoms with van der Waals surface area (Å²) in [6.45, 7) is 10.8. The predicted molar refractivity (Wildman–Crippen MR) is 130 cm³/mol. The molecule has 1 aromatic carbocycles. The first-order valence-electron chi connectivity index (χ1n) is 12.2. The number of ether oxygens (including phenoxy) is 2. The van der Waals surface area contributed by atoms with E-state index in [9.17, 15) is 22.8 Å². The first kappa shape index (κ1) is 28.0. The average Bonchev–Trinajstić information content (AvgIpc) is 2.99. The lowest BCUT2D eigenvalue weighted by Gasteiger charge is -2.48. The molecular weight excluding hydrogens is 473 g/mol. The second-order valence-electron chi connectivity index (χ2n) is 11.2. The van der Waals surface area contributed by atoms with E-state index in [2.05, 4.69) is 11.9 Å². The molecule has 9 heteroatoms. The number of rotatable bonds is 5. The topological polar surface area (TPSA) is 67.9 Å². The minimum atomic E-state index is -4.36. The van der Waals surface area contributed by atoms with E-state index in [1.54, 1.807) is 33.9 Å². The first-order valence-corrected chi connectivity index (χ1v) is 12.2. The molecule has 200 valence electrons. The van der Waals surface area contributed by atoms with Crippen LogP contribution in [0.4, 0.5) is 18.0 Å². The van der Waals surface area contributed by atoms with Crippen molar-refractivity contribution < 1.29 is 32.2 Å². The summed E-state index contributed by atoms with van der Waals surface area (Å²) in [6.07, 6.45) is -2.60. The molecule has 2 aliphatic rings. The first-order chi connectivity index (χ1) is 16.5. The Morgan fingerprint density at radius 3 is 2.33 bits per heavy atom. The molecule has 0 radical (unpaired) electrons. The molecule has 1 spiro atoms. The number of halogens is 3. The number of nitrogens with zero attached hydrogens (tertiary/aromatic N) is 1. The van der Waals surface area contributed by atoms with Crippen molar-refractivity contribution in [2.75, 3.05) is 14.2 Å². The number of alkyl halides is 3. The van der Waals surface area contributed by atoms with E-state index in [1.807, 2.05) is 6.92 Å². The Kier molecular flexibility index (Phi) is 7.57. The summed E-state index contributed by atoms with van der Waals surface area (Å²) in [5.41, 5.74) is -0.721. The Hall–Kier alpha value is -2.55. The number of methoxy groups -OCH3 is 1. The molecular formula is C27H37F3N2O4.